The first-order valence-corrected chi connectivity index (χ1v) is 9.33. The molecule has 0 aliphatic carbocycles. The van der Waals surface area contributed by atoms with E-state index < -0.39 is 29.1 Å². The fourth-order valence-corrected chi connectivity index (χ4v) is 3.14. The molecule has 3 rings (SSSR count). The molecule has 0 aliphatic heterocycles. The summed E-state index contributed by atoms with van der Waals surface area (Å²) in [5.74, 6) is -3.20. The third-order valence-corrected chi connectivity index (χ3v) is 4.46. The molecule has 0 aromatic heterocycles. The summed E-state index contributed by atoms with van der Waals surface area (Å²) in [6, 6.07) is 14.0. The van der Waals surface area contributed by atoms with Gasteiger partial charge < -0.3 is 10.1 Å². The molecule has 5 nitrogen and oxygen atoms in total. The molecule has 2 N–H and O–H groups in total. The lowest BCUT2D eigenvalue weighted by Gasteiger charge is -2.13. The third kappa shape index (κ3) is 5.25. The van der Waals surface area contributed by atoms with Crippen LogP contribution in [0.15, 0.2) is 60.7 Å². The van der Waals surface area contributed by atoms with E-state index in [0.717, 1.165) is 23.8 Å². The lowest BCUT2D eigenvalue weighted by molar-refractivity contribution is 0.0959. The van der Waals surface area contributed by atoms with Crippen molar-refractivity contribution in [3.05, 3.63) is 93.5 Å². The second-order valence-corrected chi connectivity index (χ2v) is 6.86. The molecule has 0 unspecified atom stereocenters. The number of hydrogen-bond acceptors (Lipinski definition) is 3. The van der Waals surface area contributed by atoms with Gasteiger partial charge in [0.1, 0.15) is 23.8 Å². The zero-order valence-corrected chi connectivity index (χ0v) is 16.7. The molecule has 3 aromatic carbocycles. The van der Waals surface area contributed by atoms with E-state index in [1.54, 1.807) is 0 Å². The van der Waals surface area contributed by atoms with Gasteiger partial charge in [-0.2, -0.15) is 0 Å². The number of rotatable bonds is 5. The maximum atomic E-state index is 13.6. The molecule has 0 spiro atoms. The summed E-state index contributed by atoms with van der Waals surface area (Å²) in [5.41, 5.74) is 0.190. The van der Waals surface area contributed by atoms with Gasteiger partial charge in [0, 0.05) is 5.69 Å². The number of urea groups is 1. The maximum absolute atomic E-state index is 13.6. The van der Waals surface area contributed by atoms with Gasteiger partial charge in [0.25, 0.3) is 5.91 Å². The van der Waals surface area contributed by atoms with Crippen molar-refractivity contribution in [3.8, 4) is 5.75 Å². The van der Waals surface area contributed by atoms with Crippen molar-refractivity contribution in [3.63, 3.8) is 0 Å². The highest BCUT2D eigenvalue weighted by molar-refractivity contribution is 6.37. The number of carbonyl (C=O) groups excluding carboxylic acids is 2. The van der Waals surface area contributed by atoms with Crippen molar-refractivity contribution < 1.29 is 23.1 Å². The van der Waals surface area contributed by atoms with Gasteiger partial charge >= 0.3 is 6.03 Å². The number of nitrogens with one attached hydrogen (secondary N) is 2. The van der Waals surface area contributed by atoms with Crippen LogP contribution >= 0.6 is 23.2 Å². The number of anilines is 1. The van der Waals surface area contributed by atoms with Crippen molar-refractivity contribution in [2.75, 3.05) is 5.32 Å². The molecule has 3 amide bonds. The Hall–Kier alpha value is -3.16. The van der Waals surface area contributed by atoms with Crippen LogP contribution in [0.1, 0.15) is 15.9 Å². The van der Waals surface area contributed by atoms with E-state index in [0.29, 0.717) is 0 Å². The van der Waals surface area contributed by atoms with E-state index in [2.05, 4.69) is 5.32 Å². The second kappa shape index (κ2) is 9.56. The smallest absolute Gasteiger partial charge is 0.326 e. The molecule has 0 fully saturated rings. The molecule has 0 saturated heterocycles. The van der Waals surface area contributed by atoms with E-state index in [1.807, 2.05) is 35.6 Å². The second-order valence-electron chi connectivity index (χ2n) is 6.05. The molecule has 0 radical (unpaired) electrons. The van der Waals surface area contributed by atoms with Crippen molar-refractivity contribution >= 4 is 40.8 Å². The minimum Gasteiger partial charge on any atom is -0.486 e. The van der Waals surface area contributed by atoms with Gasteiger partial charge in [-0.15, -0.1) is 0 Å². The van der Waals surface area contributed by atoms with Crippen LogP contribution in [-0.4, -0.2) is 11.9 Å². The van der Waals surface area contributed by atoms with E-state index in [4.69, 9.17) is 27.9 Å². The number of halogens is 4. The molecule has 30 heavy (non-hydrogen) atoms. The predicted octanol–water partition coefficient (Wildman–Crippen LogP) is 5.81. The highest BCUT2D eigenvalue weighted by atomic mass is 35.5. The highest BCUT2D eigenvalue weighted by Gasteiger charge is 2.19. The zero-order chi connectivity index (χ0) is 21.7. The average Bonchev–Trinajstić information content (AvgIpc) is 2.68. The summed E-state index contributed by atoms with van der Waals surface area (Å²) in [6.45, 7) is 0.232. The molecule has 0 heterocycles. The largest absolute Gasteiger partial charge is 0.486 e. The highest BCUT2D eigenvalue weighted by Crippen LogP contribution is 2.36. The van der Waals surface area contributed by atoms with Crippen molar-refractivity contribution in [2.24, 2.45) is 0 Å². The van der Waals surface area contributed by atoms with Gasteiger partial charge in [0.05, 0.1) is 10.0 Å². The Morgan fingerprint density at radius 2 is 1.50 bits per heavy atom. The molecular weight excluding hydrogens is 437 g/mol. The first kappa shape index (κ1) is 21.5. The summed E-state index contributed by atoms with van der Waals surface area (Å²) in [7, 11) is 0. The number of ether oxygens (including phenoxy) is 1. The Morgan fingerprint density at radius 3 is 2.10 bits per heavy atom. The quantitative estimate of drug-likeness (QED) is 0.515. The fraction of sp³-hybridized carbons (Fsp3) is 0.0476. The van der Waals surface area contributed by atoms with Gasteiger partial charge in [-0.05, 0) is 29.8 Å². The standard InChI is InChI=1S/C21H14Cl2F2N2O3/c22-14-9-13(10-15(23)19(14)30-11-12-5-2-1-3-6-12)26-21(29)27-20(28)18-16(24)7-4-8-17(18)25/h1-10H,11H2,(H2,26,27,28,29). The molecule has 154 valence electrons. The van der Waals surface area contributed by atoms with Gasteiger partial charge in [-0.1, -0.05) is 59.6 Å². The molecular formula is C21H14Cl2F2N2O3. The number of benzene rings is 3. The Labute approximate surface area is 180 Å². The van der Waals surface area contributed by atoms with Crippen LogP contribution in [0.5, 0.6) is 5.75 Å². The topological polar surface area (TPSA) is 67.4 Å². The minimum atomic E-state index is -1.23. The van der Waals surface area contributed by atoms with Crippen molar-refractivity contribution in [1.82, 2.24) is 5.32 Å². The Morgan fingerprint density at radius 1 is 0.900 bits per heavy atom. The van der Waals surface area contributed by atoms with Crippen molar-refractivity contribution in [1.29, 1.82) is 0 Å². The van der Waals surface area contributed by atoms with E-state index in [9.17, 15) is 18.4 Å². The molecule has 3 aromatic rings. The minimum absolute atomic E-state index is 0.125. The third-order valence-electron chi connectivity index (χ3n) is 3.90. The Balaban J connectivity index is 1.66. The number of amides is 3. The van der Waals surface area contributed by atoms with Crippen molar-refractivity contribution in [2.45, 2.75) is 6.61 Å². The van der Waals surface area contributed by atoms with Gasteiger partial charge in [0.15, 0.2) is 5.75 Å². The van der Waals surface area contributed by atoms with Gasteiger partial charge in [-0.25, -0.2) is 13.6 Å². The monoisotopic (exact) mass is 450 g/mol. The molecule has 9 heteroatoms. The number of imide groups is 1. The lowest BCUT2D eigenvalue weighted by Crippen LogP contribution is -2.35. The summed E-state index contributed by atoms with van der Waals surface area (Å²) in [6.07, 6.45) is 0. The average molecular weight is 451 g/mol. The van der Waals surface area contributed by atoms with E-state index in [-0.39, 0.29) is 28.1 Å². The van der Waals surface area contributed by atoms with Crippen LogP contribution in [0.2, 0.25) is 10.0 Å². The molecule has 0 bridgehead atoms. The van der Waals surface area contributed by atoms with Crippen LogP contribution in [-0.2, 0) is 6.61 Å². The summed E-state index contributed by atoms with van der Waals surface area (Å²) >= 11 is 12.4. The van der Waals surface area contributed by atoms with Crippen LogP contribution < -0.4 is 15.4 Å². The number of carbonyl (C=O) groups is 2. The van der Waals surface area contributed by atoms with E-state index in [1.165, 1.54) is 12.1 Å². The van der Waals surface area contributed by atoms with Gasteiger partial charge in [-0.3, -0.25) is 10.1 Å². The van der Waals surface area contributed by atoms with E-state index >= 15 is 0 Å². The SMILES string of the molecule is O=C(NC(=O)c1c(F)cccc1F)Nc1cc(Cl)c(OCc2ccccc2)c(Cl)c1. The van der Waals surface area contributed by atoms with Crippen LogP contribution in [0.25, 0.3) is 0 Å². The predicted molar refractivity (Wildman–Crippen MR) is 110 cm³/mol. The fourth-order valence-electron chi connectivity index (χ4n) is 2.54. The summed E-state index contributed by atoms with van der Waals surface area (Å²) < 4.78 is 32.9. The molecule has 0 atom stereocenters. The first-order valence-electron chi connectivity index (χ1n) is 8.57. The van der Waals surface area contributed by atoms with Crippen LogP contribution in [0.4, 0.5) is 19.3 Å². The normalized spacial score (nSPS) is 10.4. The molecule has 0 aliphatic rings. The summed E-state index contributed by atoms with van der Waals surface area (Å²) in [5, 5.41) is 4.41. The van der Waals surface area contributed by atoms with Crippen LogP contribution in [0.3, 0.4) is 0 Å². The number of hydrogen-bond donors (Lipinski definition) is 2. The Kier molecular flexibility index (Phi) is 6.87. The van der Waals surface area contributed by atoms with Crippen LogP contribution in [0, 0.1) is 11.6 Å². The first-order chi connectivity index (χ1) is 14.3. The molecule has 0 saturated carbocycles. The van der Waals surface area contributed by atoms with Gasteiger partial charge in [0.2, 0.25) is 0 Å². The summed E-state index contributed by atoms with van der Waals surface area (Å²) in [4.78, 5) is 24.0. The Bertz CT molecular complexity index is 1050. The zero-order valence-electron chi connectivity index (χ0n) is 15.2. The maximum Gasteiger partial charge on any atom is 0.326 e. The lowest BCUT2D eigenvalue weighted by atomic mass is 10.2.